The molecule has 2 rings (SSSR count). The summed E-state index contributed by atoms with van der Waals surface area (Å²) >= 11 is 0. The van der Waals surface area contributed by atoms with Crippen LogP contribution < -0.4 is 5.32 Å². The molecule has 0 bridgehead atoms. The van der Waals surface area contributed by atoms with Crippen molar-refractivity contribution < 1.29 is 4.52 Å². The highest BCUT2D eigenvalue weighted by molar-refractivity contribution is 5.24. The highest BCUT2D eigenvalue weighted by Crippen LogP contribution is 2.29. The van der Waals surface area contributed by atoms with Crippen LogP contribution in [-0.4, -0.2) is 35.2 Å². The molecule has 1 aliphatic rings. The first kappa shape index (κ1) is 13.6. The van der Waals surface area contributed by atoms with E-state index in [1.165, 1.54) is 12.0 Å². The summed E-state index contributed by atoms with van der Waals surface area (Å²) in [4.78, 5) is 2.52. The van der Waals surface area contributed by atoms with E-state index in [1.54, 1.807) is 0 Å². The smallest absolute Gasteiger partial charge is 0.138 e. The van der Waals surface area contributed by atoms with Crippen molar-refractivity contribution >= 4 is 0 Å². The van der Waals surface area contributed by atoms with Crippen LogP contribution in [0, 0.1) is 13.8 Å². The van der Waals surface area contributed by atoms with Crippen molar-refractivity contribution in [1.82, 2.24) is 15.4 Å². The lowest BCUT2D eigenvalue weighted by atomic mass is 10.1. The zero-order valence-electron chi connectivity index (χ0n) is 12.2. The Labute approximate surface area is 110 Å². The van der Waals surface area contributed by atoms with Crippen LogP contribution in [0.25, 0.3) is 0 Å². The van der Waals surface area contributed by atoms with Gasteiger partial charge in [0, 0.05) is 36.8 Å². The molecule has 4 nitrogen and oxygen atoms in total. The van der Waals surface area contributed by atoms with Crippen molar-refractivity contribution in [1.29, 1.82) is 0 Å². The average Bonchev–Trinajstić information content (AvgIpc) is 2.85. The van der Waals surface area contributed by atoms with Gasteiger partial charge in [-0.15, -0.1) is 0 Å². The Kier molecular flexibility index (Phi) is 4.07. The maximum Gasteiger partial charge on any atom is 0.138 e. The minimum atomic E-state index is 0.398. The van der Waals surface area contributed by atoms with Gasteiger partial charge in [0.2, 0.25) is 0 Å². The molecule has 1 fully saturated rings. The molecule has 0 radical (unpaired) electrons. The third-order valence-corrected chi connectivity index (χ3v) is 3.84. The lowest BCUT2D eigenvalue weighted by molar-refractivity contribution is 0.251. The van der Waals surface area contributed by atoms with Crippen LogP contribution in [0.3, 0.4) is 0 Å². The third-order valence-electron chi connectivity index (χ3n) is 3.84. The number of nitrogens with zero attached hydrogens (tertiary/aromatic N) is 2. The van der Waals surface area contributed by atoms with E-state index >= 15 is 0 Å². The number of hydrogen-bond donors (Lipinski definition) is 1. The zero-order valence-corrected chi connectivity index (χ0v) is 12.2. The van der Waals surface area contributed by atoms with Crippen molar-refractivity contribution in [2.45, 2.75) is 59.2 Å². The van der Waals surface area contributed by atoms with Crippen LogP contribution in [-0.2, 0) is 0 Å². The third kappa shape index (κ3) is 2.75. The van der Waals surface area contributed by atoms with Gasteiger partial charge in [0.25, 0.3) is 0 Å². The van der Waals surface area contributed by atoms with Crippen LogP contribution in [0.4, 0.5) is 0 Å². The summed E-state index contributed by atoms with van der Waals surface area (Å²) in [6.07, 6.45) is 1.23. The van der Waals surface area contributed by atoms with E-state index in [0.717, 1.165) is 24.5 Å². The number of rotatable bonds is 4. The summed E-state index contributed by atoms with van der Waals surface area (Å²) < 4.78 is 5.28. The van der Waals surface area contributed by atoms with Gasteiger partial charge in [0.15, 0.2) is 0 Å². The fraction of sp³-hybridized carbons (Fsp3) is 0.786. The van der Waals surface area contributed by atoms with Gasteiger partial charge >= 0.3 is 0 Å². The van der Waals surface area contributed by atoms with Gasteiger partial charge in [-0.2, -0.15) is 0 Å². The lowest BCUT2D eigenvalue weighted by Crippen LogP contribution is -2.37. The molecule has 18 heavy (non-hydrogen) atoms. The number of hydrogen-bond acceptors (Lipinski definition) is 4. The summed E-state index contributed by atoms with van der Waals surface area (Å²) in [5.74, 6) is 0.959. The largest absolute Gasteiger partial charge is 0.361 e. The summed E-state index contributed by atoms with van der Waals surface area (Å²) in [6.45, 7) is 13.0. The van der Waals surface area contributed by atoms with Gasteiger partial charge < -0.3 is 9.84 Å². The fourth-order valence-electron chi connectivity index (χ4n) is 3.02. The van der Waals surface area contributed by atoms with Crippen molar-refractivity contribution in [2.24, 2.45) is 0 Å². The maximum absolute atomic E-state index is 5.28. The van der Waals surface area contributed by atoms with Gasteiger partial charge in [0.1, 0.15) is 5.76 Å². The zero-order chi connectivity index (χ0) is 13.3. The topological polar surface area (TPSA) is 41.3 Å². The van der Waals surface area contributed by atoms with E-state index in [0.29, 0.717) is 18.1 Å². The first-order valence-corrected chi connectivity index (χ1v) is 6.92. The molecular weight excluding hydrogens is 226 g/mol. The molecule has 2 unspecified atom stereocenters. The molecule has 1 saturated heterocycles. The SMILES string of the molecule is Cc1noc(C)c1C(C)N1CCC(NC(C)C)C1. The molecular formula is C14H25N3O. The van der Waals surface area contributed by atoms with Gasteiger partial charge in [-0.3, -0.25) is 4.90 Å². The second-order valence-electron chi connectivity index (χ2n) is 5.72. The Morgan fingerprint density at radius 1 is 1.33 bits per heavy atom. The highest BCUT2D eigenvalue weighted by Gasteiger charge is 2.29. The van der Waals surface area contributed by atoms with E-state index in [1.807, 2.05) is 13.8 Å². The first-order chi connectivity index (χ1) is 8.49. The van der Waals surface area contributed by atoms with Crippen molar-refractivity contribution in [2.75, 3.05) is 13.1 Å². The molecule has 0 spiro atoms. The van der Waals surface area contributed by atoms with E-state index in [9.17, 15) is 0 Å². The molecule has 2 atom stereocenters. The molecule has 0 saturated carbocycles. The summed E-state index contributed by atoms with van der Waals surface area (Å²) in [7, 11) is 0. The fourth-order valence-corrected chi connectivity index (χ4v) is 3.02. The minimum absolute atomic E-state index is 0.398. The van der Waals surface area contributed by atoms with Crippen LogP contribution in [0.5, 0.6) is 0 Å². The van der Waals surface area contributed by atoms with Crippen molar-refractivity contribution in [3.05, 3.63) is 17.0 Å². The Hall–Kier alpha value is -0.870. The summed E-state index contributed by atoms with van der Waals surface area (Å²) in [6, 6.07) is 1.58. The minimum Gasteiger partial charge on any atom is -0.361 e. The number of aryl methyl sites for hydroxylation is 2. The number of aromatic nitrogens is 1. The molecule has 4 heteroatoms. The normalized spacial score (nSPS) is 22.9. The van der Waals surface area contributed by atoms with Crippen molar-refractivity contribution in [3.8, 4) is 0 Å². The monoisotopic (exact) mass is 251 g/mol. The van der Waals surface area contributed by atoms with Gasteiger partial charge in [-0.1, -0.05) is 19.0 Å². The first-order valence-electron chi connectivity index (χ1n) is 6.92. The predicted octanol–water partition coefficient (Wildman–Crippen LogP) is 2.42. The van der Waals surface area contributed by atoms with Crippen LogP contribution >= 0.6 is 0 Å². The molecule has 0 aliphatic carbocycles. The van der Waals surface area contributed by atoms with E-state index in [2.05, 4.69) is 36.1 Å². The van der Waals surface area contributed by atoms with Gasteiger partial charge in [0.05, 0.1) is 5.69 Å². The average molecular weight is 251 g/mol. The standard InChI is InChI=1S/C14H25N3O/c1-9(2)15-13-6-7-17(8-13)11(4)14-10(3)16-18-12(14)5/h9,11,13,15H,6-8H2,1-5H3. The van der Waals surface area contributed by atoms with E-state index < -0.39 is 0 Å². The molecule has 1 N–H and O–H groups in total. The molecule has 0 aromatic carbocycles. The maximum atomic E-state index is 5.28. The van der Waals surface area contributed by atoms with E-state index in [4.69, 9.17) is 4.52 Å². The van der Waals surface area contributed by atoms with Crippen LogP contribution in [0.1, 0.15) is 50.3 Å². The lowest BCUT2D eigenvalue weighted by Gasteiger charge is -2.25. The van der Waals surface area contributed by atoms with Gasteiger partial charge in [-0.25, -0.2) is 0 Å². The predicted molar refractivity (Wildman–Crippen MR) is 72.6 cm³/mol. The molecule has 2 heterocycles. The van der Waals surface area contributed by atoms with E-state index in [-0.39, 0.29) is 0 Å². The van der Waals surface area contributed by atoms with Crippen molar-refractivity contribution in [3.63, 3.8) is 0 Å². The molecule has 1 aromatic rings. The Morgan fingerprint density at radius 3 is 2.61 bits per heavy atom. The Bertz CT molecular complexity index is 380. The Balaban J connectivity index is 2.01. The number of nitrogens with one attached hydrogen (secondary N) is 1. The van der Waals surface area contributed by atoms with Gasteiger partial charge in [-0.05, 0) is 27.2 Å². The number of likely N-dealkylation sites (tertiary alicyclic amines) is 1. The second kappa shape index (κ2) is 5.41. The van der Waals surface area contributed by atoms with Crippen LogP contribution in [0.2, 0.25) is 0 Å². The quantitative estimate of drug-likeness (QED) is 0.892. The Morgan fingerprint density at radius 2 is 2.06 bits per heavy atom. The molecule has 1 aromatic heterocycles. The summed E-state index contributed by atoms with van der Waals surface area (Å²) in [5, 5.41) is 7.68. The molecule has 1 aliphatic heterocycles. The summed E-state index contributed by atoms with van der Waals surface area (Å²) in [5.41, 5.74) is 2.29. The van der Waals surface area contributed by atoms with Crippen LogP contribution in [0.15, 0.2) is 4.52 Å². The molecule has 102 valence electrons. The molecule has 0 amide bonds. The highest BCUT2D eigenvalue weighted by atomic mass is 16.5. The second-order valence-corrected chi connectivity index (χ2v) is 5.72.